The van der Waals surface area contributed by atoms with Crippen LogP contribution in [0.25, 0.3) is 0 Å². The number of halogens is 1. The Labute approximate surface area is 124 Å². The van der Waals surface area contributed by atoms with Crippen molar-refractivity contribution in [2.45, 2.75) is 32.7 Å². The third kappa shape index (κ3) is 2.96. The molecule has 2 rings (SSSR count). The molecule has 0 aliphatic rings. The summed E-state index contributed by atoms with van der Waals surface area (Å²) in [6.45, 7) is 6.03. The number of benzene rings is 1. The number of nitrogens with zero attached hydrogens (tertiary/aromatic N) is 3. The summed E-state index contributed by atoms with van der Waals surface area (Å²) in [6, 6.07) is 6.62. The first-order valence-electron chi connectivity index (χ1n) is 7.01. The van der Waals surface area contributed by atoms with Gasteiger partial charge in [0, 0.05) is 18.2 Å². The van der Waals surface area contributed by atoms with Gasteiger partial charge in [0.25, 0.3) is 0 Å². The Kier molecular flexibility index (Phi) is 4.40. The smallest absolute Gasteiger partial charge is 0.137 e. The number of aromatic nitrogens is 2. The van der Waals surface area contributed by atoms with Gasteiger partial charge >= 0.3 is 0 Å². The van der Waals surface area contributed by atoms with E-state index in [4.69, 9.17) is 5.73 Å². The summed E-state index contributed by atoms with van der Waals surface area (Å²) in [5.74, 6) is 1.19. The fourth-order valence-corrected chi connectivity index (χ4v) is 2.44. The Morgan fingerprint density at radius 2 is 1.81 bits per heavy atom. The lowest BCUT2D eigenvalue weighted by Crippen LogP contribution is -2.25. The summed E-state index contributed by atoms with van der Waals surface area (Å²) >= 11 is 0. The highest BCUT2D eigenvalue weighted by Crippen LogP contribution is 2.33. The molecule has 0 aliphatic heterocycles. The van der Waals surface area contributed by atoms with Gasteiger partial charge in [0.05, 0.1) is 6.04 Å². The molecule has 21 heavy (non-hydrogen) atoms. The van der Waals surface area contributed by atoms with Gasteiger partial charge in [-0.15, -0.1) is 0 Å². The lowest BCUT2D eigenvalue weighted by Gasteiger charge is -2.29. The van der Waals surface area contributed by atoms with Crippen LogP contribution in [0.4, 0.5) is 16.0 Å². The first-order valence-corrected chi connectivity index (χ1v) is 7.01. The molecule has 0 aliphatic carbocycles. The molecule has 0 fully saturated rings. The number of anilines is 2. The van der Waals surface area contributed by atoms with E-state index in [1.807, 2.05) is 38.8 Å². The van der Waals surface area contributed by atoms with Crippen LogP contribution in [0, 0.1) is 5.82 Å². The van der Waals surface area contributed by atoms with Gasteiger partial charge in [-0.2, -0.15) is 0 Å². The highest BCUT2D eigenvalue weighted by molar-refractivity contribution is 5.58. The van der Waals surface area contributed by atoms with Crippen LogP contribution in [0.5, 0.6) is 0 Å². The second-order valence-corrected chi connectivity index (χ2v) is 5.46. The van der Waals surface area contributed by atoms with E-state index in [-0.39, 0.29) is 17.8 Å². The van der Waals surface area contributed by atoms with E-state index in [0.29, 0.717) is 11.4 Å². The van der Waals surface area contributed by atoms with E-state index < -0.39 is 0 Å². The van der Waals surface area contributed by atoms with E-state index in [0.717, 1.165) is 11.4 Å². The van der Waals surface area contributed by atoms with Crippen molar-refractivity contribution in [3.63, 3.8) is 0 Å². The maximum atomic E-state index is 14.0. The highest BCUT2D eigenvalue weighted by atomic mass is 19.1. The van der Waals surface area contributed by atoms with E-state index in [1.54, 1.807) is 12.1 Å². The van der Waals surface area contributed by atoms with Gasteiger partial charge in [0.1, 0.15) is 23.8 Å². The minimum Gasteiger partial charge on any atom is -0.383 e. The summed E-state index contributed by atoms with van der Waals surface area (Å²) in [4.78, 5) is 10.3. The van der Waals surface area contributed by atoms with Crippen molar-refractivity contribution in [1.82, 2.24) is 9.97 Å². The average molecular weight is 288 g/mol. The molecule has 4 nitrogen and oxygen atoms in total. The van der Waals surface area contributed by atoms with Crippen LogP contribution < -0.4 is 10.6 Å². The summed E-state index contributed by atoms with van der Waals surface area (Å²) < 4.78 is 14.0. The molecular weight excluding hydrogens is 267 g/mol. The Morgan fingerprint density at radius 1 is 1.14 bits per heavy atom. The molecule has 0 amide bonds. The molecule has 0 saturated carbocycles. The van der Waals surface area contributed by atoms with Crippen molar-refractivity contribution in [3.05, 3.63) is 47.5 Å². The summed E-state index contributed by atoms with van der Waals surface area (Å²) in [5, 5.41) is 0. The molecule has 1 aromatic carbocycles. The fraction of sp³-hybridized carbons (Fsp3) is 0.375. The second kappa shape index (κ2) is 6.08. The molecule has 0 saturated heterocycles. The van der Waals surface area contributed by atoms with E-state index in [2.05, 4.69) is 9.97 Å². The molecule has 0 spiro atoms. The first-order chi connectivity index (χ1) is 9.93. The third-order valence-electron chi connectivity index (χ3n) is 3.74. The van der Waals surface area contributed by atoms with Crippen molar-refractivity contribution in [3.8, 4) is 0 Å². The van der Waals surface area contributed by atoms with Crippen LogP contribution >= 0.6 is 0 Å². The monoisotopic (exact) mass is 288 g/mol. The van der Waals surface area contributed by atoms with Gasteiger partial charge in [0.2, 0.25) is 0 Å². The molecule has 112 valence electrons. The molecule has 0 bridgehead atoms. The van der Waals surface area contributed by atoms with Crippen LogP contribution in [0.1, 0.15) is 43.9 Å². The van der Waals surface area contributed by atoms with Gasteiger partial charge in [-0.3, -0.25) is 0 Å². The zero-order valence-corrected chi connectivity index (χ0v) is 12.8. The van der Waals surface area contributed by atoms with Gasteiger partial charge < -0.3 is 10.6 Å². The van der Waals surface area contributed by atoms with Gasteiger partial charge in [-0.05, 0) is 18.9 Å². The van der Waals surface area contributed by atoms with E-state index in [9.17, 15) is 4.39 Å². The lowest BCUT2D eigenvalue weighted by atomic mass is 10.0. The van der Waals surface area contributed by atoms with Crippen LogP contribution in [-0.4, -0.2) is 17.0 Å². The Balaban J connectivity index is 2.43. The van der Waals surface area contributed by atoms with Gasteiger partial charge in [-0.1, -0.05) is 32.0 Å². The minimum atomic E-state index is -0.218. The molecule has 1 atom stereocenters. The van der Waals surface area contributed by atoms with Gasteiger partial charge in [0.15, 0.2) is 0 Å². The predicted molar refractivity (Wildman–Crippen MR) is 83.8 cm³/mol. The average Bonchev–Trinajstić information content (AvgIpc) is 2.45. The van der Waals surface area contributed by atoms with Crippen molar-refractivity contribution in [1.29, 1.82) is 0 Å². The van der Waals surface area contributed by atoms with Crippen LogP contribution in [0.2, 0.25) is 0 Å². The summed E-state index contributed by atoms with van der Waals surface area (Å²) in [7, 11) is 1.89. The minimum absolute atomic E-state index is 0.155. The quantitative estimate of drug-likeness (QED) is 0.935. The fourth-order valence-electron chi connectivity index (χ4n) is 2.44. The van der Waals surface area contributed by atoms with Crippen molar-refractivity contribution >= 4 is 11.6 Å². The largest absolute Gasteiger partial charge is 0.383 e. The summed E-state index contributed by atoms with van der Waals surface area (Å²) in [5.41, 5.74) is 7.50. The number of hydrogen-bond donors (Lipinski definition) is 1. The normalized spacial score (nSPS) is 12.5. The standard InChI is InChI=1S/C16H21FN4/c1-10(2)14-15(18)19-9-20-16(14)21(4)11(3)12-7-5-6-8-13(12)17/h5-11H,1-4H3,(H2,18,19,20). The van der Waals surface area contributed by atoms with Gasteiger partial charge in [-0.25, -0.2) is 14.4 Å². The third-order valence-corrected chi connectivity index (χ3v) is 3.74. The maximum Gasteiger partial charge on any atom is 0.137 e. The molecule has 2 N–H and O–H groups in total. The molecular formula is C16H21FN4. The molecule has 2 aromatic rings. The first kappa shape index (κ1) is 15.2. The van der Waals surface area contributed by atoms with Crippen LogP contribution in [0.15, 0.2) is 30.6 Å². The lowest BCUT2D eigenvalue weighted by molar-refractivity contribution is 0.583. The zero-order valence-electron chi connectivity index (χ0n) is 12.8. The summed E-state index contributed by atoms with van der Waals surface area (Å²) in [6.07, 6.45) is 1.45. The Morgan fingerprint density at radius 3 is 2.43 bits per heavy atom. The highest BCUT2D eigenvalue weighted by Gasteiger charge is 2.22. The Hall–Kier alpha value is -2.17. The van der Waals surface area contributed by atoms with Crippen LogP contribution in [-0.2, 0) is 0 Å². The predicted octanol–water partition coefficient (Wildman–Crippen LogP) is 3.52. The second-order valence-electron chi connectivity index (χ2n) is 5.46. The maximum absolute atomic E-state index is 14.0. The molecule has 1 aromatic heterocycles. The number of nitrogens with two attached hydrogens (primary N) is 1. The van der Waals surface area contributed by atoms with E-state index in [1.165, 1.54) is 12.4 Å². The molecule has 1 heterocycles. The number of nitrogen functional groups attached to an aromatic ring is 1. The van der Waals surface area contributed by atoms with Crippen molar-refractivity contribution in [2.75, 3.05) is 17.7 Å². The zero-order chi connectivity index (χ0) is 15.6. The Bertz CT molecular complexity index is 627. The van der Waals surface area contributed by atoms with E-state index >= 15 is 0 Å². The SMILES string of the molecule is CC(C)c1c(N)ncnc1N(C)C(C)c1ccccc1F. The molecule has 5 heteroatoms. The number of rotatable bonds is 4. The van der Waals surface area contributed by atoms with Crippen molar-refractivity contribution in [2.24, 2.45) is 0 Å². The van der Waals surface area contributed by atoms with Crippen molar-refractivity contribution < 1.29 is 4.39 Å². The topological polar surface area (TPSA) is 55.0 Å². The molecule has 1 unspecified atom stereocenters. The van der Waals surface area contributed by atoms with Crippen LogP contribution in [0.3, 0.4) is 0 Å². The number of hydrogen-bond acceptors (Lipinski definition) is 4. The molecule has 0 radical (unpaired) electrons.